The van der Waals surface area contributed by atoms with Gasteiger partial charge in [0, 0.05) is 24.5 Å². The number of carbonyl (C=O) groups is 1. The maximum Gasteiger partial charge on any atom is 0.254 e. The molecule has 0 N–H and O–H groups in total. The Hall–Kier alpha value is -2.63. The van der Waals surface area contributed by atoms with Crippen molar-refractivity contribution in [2.45, 2.75) is 18.9 Å². The van der Waals surface area contributed by atoms with E-state index in [9.17, 15) is 9.18 Å². The van der Waals surface area contributed by atoms with Crippen molar-refractivity contribution < 1.29 is 18.7 Å². The highest BCUT2D eigenvalue weighted by molar-refractivity contribution is 5.94. The molecule has 0 saturated carbocycles. The van der Waals surface area contributed by atoms with Crippen molar-refractivity contribution in [3.63, 3.8) is 0 Å². The zero-order chi connectivity index (χ0) is 16.9. The maximum atomic E-state index is 13.8. The number of hydrogen-bond acceptors (Lipinski definition) is 4. The highest BCUT2D eigenvalue weighted by atomic mass is 19.1. The Kier molecular flexibility index (Phi) is 4.93. The predicted molar refractivity (Wildman–Crippen MR) is 86.7 cm³/mol. The number of rotatable bonds is 4. The first-order chi connectivity index (χ1) is 11.7. The third-order valence-corrected chi connectivity index (χ3v) is 4.02. The first-order valence-corrected chi connectivity index (χ1v) is 7.87. The second kappa shape index (κ2) is 7.29. The van der Waals surface area contributed by atoms with E-state index in [-0.39, 0.29) is 17.8 Å². The van der Waals surface area contributed by atoms with Gasteiger partial charge >= 0.3 is 0 Å². The molecule has 24 heavy (non-hydrogen) atoms. The van der Waals surface area contributed by atoms with Crippen LogP contribution in [-0.2, 0) is 0 Å². The highest BCUT2D eigenvalue weighted by Gasteiger charge is 2.26. The number of methoxy groups -OCH3 is 1. The summed E-state index contributed by atoms with van der Waals surface area (Å²) in [6.45, 7) is 1.12. The minimum atomic E-state index is -0.537. The highest BCUT2D eigenvalue weighted by Crippen LogP contribution is 2.22. The number of halogens is 1. The van der Waals surface area contributed by atoms with Gasteiger partial charge in [-0.25, -0.2) is 4.39 Å². The van der Waals surface area contributed by atoms with E-state index in [0.717, 1.165) is 18.6 Å². The number of hydrogen-bond donors (Lipinski definition) is 0. The molecule has 5 nitrogen and oxygen atoms in total. The first-order valence-electron chi connectivity index (χ1n) is 7.87. The fourth-order valence-electron chi connectivity index (χ4n) is 2.81. The van der Waals surface area contributed by atoms with E-state index in [4.69, 9.17) is 9.47 Å². The van der Waals surface area contributed by atoms with Crippen molar-refractivity contribution in [3.05, 3.63) is 54.1 Å². The van der Waals surface area contributed by atoms with Crippen LogP contribution in [0.15, 0.2) is 42.7 Å². The van der Waals surface area contributed by atoms with Crippen LogP contribution < -0.4 is 9.47 Å². The number of nitrogens with zero attached hydrogens (tertiary/aromatic N) is 2. The van der Waals surface area contributed by atoms with Gasteiger partial charge in [-0.15, -0.1) is 0 Å². The lowest BCUT2D eigenvalue weighted by molar-refractivity contribution is 0.0537. The average Bonchev–Trinajstić information content (AvgIpc) is 2.62. The second-order valence-electron chi connectivity index (χ2n) is 5.67. The molecule has 3 rings (SSSR count). The van der Waals surface area contributed by atoms with Gasteiger partial charge in [-0.2, -0.15) is 0 Å². The summed E-state index contributed by atoms with van der Waals surface area (Å²) in [4.78, 5) is 18.3. The topological polar surface area (TPSA) is 51.7 Å². The van der Waals surface area contributed by atoms with E-state index >= 15 is 0 Å². The molecule has 2 aromatic rings. The summed E-state index contributed by atoms with van der Waals surface area (Å²) < 4.78 is 24.6. The zero-order valence-corrected chi connectivity index (χ0v) is 13.4. The number of likely N-dealkylation sites (tertiary alicyclic amines) is 1. The third-order valence-electron chi connectivity index (χ3n) is 4.02. The number of pyridine rings is 1. The van der Waals surface area contributed by atoms with Crippen LogP contribution in [-0.4, -0.2) is 42.1 Å². The molecule has 1 aliphatic rings. The molecule has 1 aliphatic heterocycles. The molecule has 1 amide bonds. The zero-order valence-electron chi connectivity index (χ0n) is 13.4. The number of amides is 1. The molecule has 2 heterocycles. The van der Waals surface area contributed by atoms with Crippen LogP contribution in [0.3, 0.4) is 0 Å². The van der Waals surface area contributed by atoms with Crippen LogP contribution >= 0.6 is 0 Å². The Morgan fingerprint density at radius 1 is 1.29 bits per heavy atom. The van der Waals surface area contributed by atoms with E-state index in [0.29, 0.717) is 18.7 Å². The number of ether oxygens (including phenoxy) is 2. The normalized spacial score (nSPS) is 17.4. The summed E-state index contributed by atoms with van der Waals surface area (Å²) in [6.07, 6.45) is 4.99. The quantitative estimate of drug-likeness (QED) is 0.865. The van der Waals surface area contributed by atoms with E-state index in [1.54, 1.807) is 35.5 Å². The molecule has 0 radical (unpaired) electrons. The van der Waals surface area contributed by atoms with Crippen molar-refractivity contribution in [1.29, 1.82) is 0 Å². The number of aromatic nitrogens is 1. The largest absolute Gasteiger partial charge is 0.494 e. The van der Waals surface area contributed by atoms with Gasteiger partial charge in [0.1, 0.15) is 11.9 Å². The molecule has 1 saturated heterocycles. The standard InChI is InChI=1S/C18H19FN2O3/c1-23-17-5-4-13(11-16(17)19)18(22)21-10-2-3-15(12-21)24-14-6-8-20-9-7-14/h4-9,11,15H,2-3,10,12H2,1H3. The molecule has 126 valence electrons. The van der Waals surface area contributed by atoms with Gasteiger partial charge < -0.3 is 14.4 Å². The van der Waals surface area contributed by atoms with Crippen LogP contribution in [0.5, 0.6) is 11.5 Å². The molecule has 1 atom stereocenters. The van der Waals surface area contributed by atoms with E-state index < -0.39 is 5.82 Å². The molecular weight excluding hydrogens is 311 g/mol. The van der Waals surface area contributed by atoms with Crippen molar-refractivity contribution in [2.75, 3.05) is 20.2 Å². The van der Waals surface area contributed by atoms with Crippen LogP contribution in [0.2, 0.25) is 0 Å². The van der Waals surface area contributed by atoms with Gasteiger partial charge in [-0.05, 0) is 43.2 Å². The fraction of sp³-hybridized carbons (Fsp3) is 0.333. The minimum Gasteiger partial charge on any atom is -0.494 e. The molecule has 0 bridgehead atoms. The monoisotopic (exact) mass is 330 g/mol. The van der Waals surface area contributed by atoms with Gasteiger partial charge in [-0.3, -0.25) is 9.78 Å². The Morgan fingerprint density at radius 3 is 2.79 bits per heavy atom. The first kappa shape index (κ1) is 16.2. The summed E-state index contributed by atoms with van der Waals surface area (Å²) >= 11 is 0. The second-order valence-corrected chi connectivity index (χ2v) is 5.67. The van der Waals surface area contributed by atoms with Gasteiger partial charge in [0.15, 0.2) is 11.6 Å². The predicted octanol–water partition coefficient (Wildman–Crippen LogP) is 2.91. The molecule has 1 aromatic carbocycles. The third kappa shape index (κ3) is 3.64. The Labute approximate surface area is 140 Å². The lowest BCUT2D eigenvalue weighted by atomic mass is 10.1. The minimum absolute atomic E-state index is 0.0757. The molecule has 1 unspecified atom stereocenters. The van der Waals surface area contributed by atoms with E-state index in [1.807, 2.05) is 0 Å². The Morgan fingerprint density at radius 2 is 2.08 bits per heavy atom. The maximum absolute atomic E-state index is 13.8. The molecule has 1 fully saturated rings. The van der Waals surface area contributed by atoms with Gasteiger partial charge in [0.2, 0.25) is 0 Å². The van der Waals surface area contributed by atoms with Gasteiger partial charge in [0.05, 0.1) is 13.7 Å². The van der Waals surface area contributed by atoms with Crippen molar-refractivity contribution in [1.82, 2.24) is 9.88 Å². The van der Waals surface area contributed by atoms with Crippen molar-refractivity contribution >= 4 is 5.91 Å². The summed E-state index contributed by atoms with van der Waals surface area (Å²) in [5, 5.41) is 0. The fourth-order valence-corrected chi connectivity index (χ4v) is 2.81. The summed E-state index contributed by atoms with van der Waals surface area (Å²) in [6, 6.07) is 7.85. The van der Waals surface area contributed by atoms with Crippen molar-refractivity contribution in [2.24, 2.45) is 0 Å². The van der Waals surface area contributed by atoms with Crippen LogP contribution in [0.4, 0.5) is 4.39 Å². The molecule has 1 aromatic heterocycles. The lowest BCUT2D eigenvalue weighted by Crippen LogP contribution is -2.44. The lowest BCUT2D eigenvalue weighted by Gasteiger charge is -2.33. The van der Waals surface area contributed by atoms with Crippen LogP contribution in [0, 0.1) is 5.82 Å². The molecular formula is C18H19FN2O3. The molecule has 6 heteroatoms. The average molecular weight is 330 g/mol. The molecule has 0 aliphatic carbocycles. The van der Waals surface area contributed by atoms with Crippen LogP contribution in [0.25, 0.3) is 0 Å². The number of piperidine rings is 1. The Bertz CT molecular complexity index is 709. The van der Waals surface area contributed by atoms with Gasteiger partial charge in [0.25, 0.3) is 5.91 Å². The van der Waals surface area contributed by atoms with E-state index in [1.165, 1.54) is 19.2 Å². The summed E-state index contributed by atoms with van der Waals surface area (Å²) in [7, 11) is 1.39. The van der Waals surface area contributed by atoms with Gasteiger partial charge in [-0.1, -0.05) is 0 Å². The van der Waals surface area contributed by atoms with E-state index in [2.05, 4.69) is 4.98 Å². The SMILES string of the molecule is COc1ccc(C(=O)N2CCCC(Oc3ccncc3)C2)cc1F. The Balaban J connectivity index is 1.67. The van der Waals surface area contributed by atoms with Crippen molar-refractivity contribution in [3.8, 4) is 11.5 Å². The smallest absolute Gasteiger partial charge is 0.254 e. The number of benzene rings is 1. The number of carbonyl (C=O) groups excluding carboxylic acids is 1. The van der Waals surface area contributed by atoms with Crippen LogP contribution in [0.1, 0.15) is 23.2 Å². The summed E-state index contributed by atoms with van der Waals surface area (Å²) in [5.74, 6) is 0.133. The molecule has 0 spiro atoms. The summed E-state index contributed by atoms with van der Waals surface area (Å²) in [5.41, 5.74) is 0.317.